The third kappa shape index (κ3) is 6.00. The first-order chi connectivity index (χ1) is 9.29. The SMILES string of the molecule is CC[CH]Oc1cccc(CCCCCCCC)c1O. The van der Waals surface area contributed by atoms with Gasteiger partial charge in [-0.05, 0) is 30.9 Å². The Balaban J connectivity index is 2.36. The molecule has 0 aromatic heterocycles. The molecule has 1 aromatic carbocycles. The normalized spacial score (nSPS) is 10.6. The fraction of sp³-hybridized carbons (Fsp3) is 0.588. The lowest BCUT2D eigenvalue weighted by molar-refractivity contribution is 0.360. The lowest BCUT2D eigenvalue weighted by Crippen LogP contribution is -1.93. The van der Waals surface area contributed by atoms with E-state index in [1.165, 1.54) is 32.1 Å². The first-order valence-electron chi connectivity index (χ1n) is 7.58. The number of ether oxygens (including phenoxy) is 1. The largest absolute Gasteiger partial charge is 0.504 e. The molecule has 0 heterocycles. The minimum absolute atomic E-state index is 0.306. The van der Waals surface area contributed by atoms with E-state index in [0.717, 1.165) is 24.8 Å². The van der Waals surface area contributed by atoms with Gasteiger partial charge in [0.1, 0.15) is 6.61 Å². The van der Waals surface area contributed by atoms with E-state index in [0.29, 0.717) is 11.5 Å². The molecule has 0 aliphatic rings. The number of benzene rings is 1. The van der Waals surface area contributed by atoms with E-state index in [2.05, 4.69) is 6.92 Å². The molecule has 1 radical (unpaired) electrons. The summed E-state index contributed by atoms with van der Waals surface area (Å²) in [6, 6.07) is 5.75. The molecule has 0 atom stereocenters. The molecule has 19 heavy (non-hydrogen) atoms. The molecule has 1 aromatic rings. The van der Waals surface area contributed by atoms with Gasteiger partial charge in [-0.25, -0.2) is 0 Å². The molecule has 107 valence electrons. The highest BCUT2D eigenvalue weighted by Gasteiger charge is 2.07. The zero-order chi connectivity index (χ0) is 13.9. The minimum Gasteiger partial charge on any atom is -0.504 e. The van der Waals surface area contributed by atoms with Crippen LogP contribution in [-0.4, -0.2) is 5.11 Å². The van der Waals surface area contributed by atoms with Crippen molar-refractivity contribution in [1.82, 2.24) is 0 Å². The predicted molar refractivity (Wildman–Crippen MR) is 80.4 cm³/mol. The van der Waals surface area contributed by atoms with E-state index in [1.54, 1.807) is 6.61 Å². The van der Waals surface area contributed by atoms with Gasteiger partial charge in [0, 0.05) is 0 Å². The van der Waals surface area contributed by atoms with Crippen molar-refractivity contribution in [3.63, 3.8) is 0 Å². The average molecular weight is 263 g/mol. The van der Waals surface area contributed by atoms with Crippen molar-refractivity contribution in [3.8, 4) is 11.5 Å². The zero-order valence-electron chi connectivity index (χ0n) is 12.3. The van der Waals surface area contributed by atoms with Gasteiger partial charge < -0.3 is 9.84 Å². The van der Waals surface area contributed by atoms with Gasteiger partial charge >= 0.3 is 0 Å². The lowest BCUT2D eigenvalue weighted by atomic mass is 10.0. The maximum Gasteiger partial charge on any atom is 0.161 e. The molecular formula is C17H27O2. The summed E-state index contributed by atoms with van der Waals surface area (Å²) in [6.45, 7) is 5.96. The Morgan fingerprint density at radius 2 is 1.79 bits per heavy atom. The molecule has 0 saturated heterocycles. The molecule has 0 spiro atoms. The molecule has 0 amide bonds. The fourth-order valence-corrected chi connectivity index (χ4v) is 2.13. The highest BCUT2D eigenvalue weighted by molar-refractivity contribution is 5.45. The van der Waals surface area contributed by atoms with Gasteiger partial charge in [0.15, 0.2) is 11.5 Å². The van der Waals surface area contributed by atoms with Crippen LogP contribution in [-0.2, 0) is 6.42 Å². The quantitative estimate of drug-likeness (QED) is 0.584. The number of unbranched alkanes of at least 4 members (excludes halogenated alkanes) is 5. The monoisotopic (exact) mass is 263 g/mol. The second kappa shape index (κ2) is 9.71. The third-order valence-electron chi connectivity index (χ3n) is 3.26. The van der Waals surface area contributed by atoms with Crippen LogP contribution in [0.4, 0.5) is 0 Å². The van der Waals surface area contributed by atoms with Crippen molar-refractivity contribution < 1.29 is 9.84 Å². The van der Waals surface area contributed by atoms with Crippen molar-refractivity contribution in [1.29, 1.82) is 0 Å². The van der Waals surface area contributed by atoms with Crippen LogP contribution in [0.1, 0.15) is 64.4 Å². The highest BCUT2D eigenvalue weighted by atomic mass is 16.5. The number of hydrogen-bond acceptors (Lipinski definition) is 2. The first kappa shape index (κ1) is 15.9. The van der Waals surface area contributed by atoms with Crippen LogP contribution in [0.2, 0.25) is 0 Å². The van der Waals surface area contributed by atoms with Crippen LogP contribution in [0.3, 0.4) is 0 Å². The van der Waals surface area contributed by atoms with E-state index in [-0.39, 0.29) is 0 Å². The second-order valence-electron chi connectivity index (χ2n) is 4.97. The molecular weight excluding hydrogens is 236 g/mol. The van der Waals surface area contributed by atoms with Gasteiger partial charge in [-0.2, -0.15) is 0 Å². The minimum atomic E-state index is 0.306. The van der Waals surface area contributed by atoms with Gasteiger partial charge in [-0.15, -0.1) is 0 Å². The maximum absolute atomic E-state index is 10.1. The molecule has 0 fully saturated rings. The summed E-state index contributed by atoms with van der Waals surface area (Å²) in [7, 11) is 0. The van der Waals surface area contributed by atoms with Crippen LogP contribution in [0.15, 0.2) is 18.2 Å². The van der Waals surface area contributed by atoms with Gasteiger partial charge in [0.2, 0.25) is 0 Å². The van der Waals surface area contributed by atoms with Crippen molar-refractivity contribution >= 4 is 0 Å². The predicted octanol–water partition coefficient (Wildman–Crippen LogP) is 5.25. The number of phenols is 1. The van der Waals surface area contributed by atoms with Gasteiger partial charge in [0.05, 0.1) is 0 Å². The Labute approximate surface area is 117 Å². The number of aromatic hydroxyl groups is 1. The summed E-state index contributed by atoms with van der Waals surface area (Å²) in [4.78, 5) is 0. The Morgan fingerprint density at radius 1 is 1.05 bits per heavy atom. The topological polar surface area (TPSA) is 29.5 Å². The molecule has 0 unspecified atom stereocenters. The maximum atomic E-state index is 10.1. The van der Waals surface area contributed by atoms with E-state index in [9.17, 15) is 5.11 Å². The third-order valence-corrected chi connectivity index (χ3v) is 3.26. The number of aryl methyl sites for hydroxylation is 1. The average Bonchev–Trinajstić information content (AvgIpc) is 2.43. The van der Waals surface area contributed by atoms with Gasteiger partial charge in [-0.3, -0.25) is 0 Å². The molecule has 2 heteroatoms. The molecule has 2 nitrogen and oxygen atoms in total. The number of rotatable bonds is 10. The Bertz CT molecular complexity index is 347. The van der Waals surface area contributed by atoms with E-state index in [1.807, 2.05) is 25.1 Å². The summed E-state index contributed by atoms with van der Waals surface area (Å²) in [6.07, 6.45) is 9.40. The van der Waals surface area contributed by atoms with Crippen LogP contribution < -0.4 is 4.74 Å². The summed E-state index contributed by atoms with van der Waals surface area (Å²) in [5.41, 5.74) is 0.998. The number of hydrogen-bond donors (Lipinski definition) is 1. The number of para-hydroxylation sites is 1. The molecule has 1 N–H and O–H groups in total. The van der Waals surface area contributed by atoms with Crippen LogP contribution in [0, 0.1) is 6.61 Å². The smallest absolute Gasteiger partial charge is 0.161 e. The molecule has 0 bridgehead atoms. The van der Waals surface area contributed by atoms with Crippen LogP contribution in [0.25, 0.3) is 0 Å². The Kier molecular flexibility index (Phi) is 8.11. The number of phenolic OH excluding ortho intramolecular Hbond substituents is 1. The summed E-state index contributed by atoms with van der Waals surface area (Å²) in [5, 5.41) is 10.1. The fourth-order valence-electron chi connectivity index (χ4n) is 2.13. The van der Waals surface area contributed by atoms with Gasteiger partial charge in [-0.1, -0.05) is 58.1 Å². The summed E-state index contributed by atoms with van der Waals surface area (Å²) in [5.74, 6) is 0.881. The van der Waals surface area contributed by atoms with Crippen LogP contribution in [0.5, 0.6) is 11.5 Å². The second-order valence-corrected chi connectivity index (χ2v) is 4.97. The molecule has 0 saturated carbocycles. The zero-order valence-corrected chi connectivity index (χ0v) is 12.3. The molecule has 1 rings (SSSR count). The van der Waals surface area contributed by atoms with Crippen molar-refractivity contribution in [2.45, 2.75) is 65.2 Å². The Morgan fingerprint density at radius 3 is 2.53 bits per heavy atom. The van der Waals surface area contributed by atoms with Crippen LogP contribution >= 0.6 is 0 Å². The molecule has 0 aliphatic heterocycles. The van der Waals surface area contributed by atoms with Crippen molar-refractivity contribution in [3.05, 3.63) is 30.4 Å². The Hall–Kier alpha value is -1.18. The van der Waals surface area contributed by atoms with E-state index in [4.69, 9.17) is 4.74 Å². The summed E-state index contributed by atoms with van der Waals surface area (Å²) >= 11 is 0. The standard InChI is InChI=1S/C17H27O2/c1-3-5-6-7-8-9-11-15-12-10-13-16(17(15)18)19-14-4-2/h10,12-14,18H,3-9,11H2,1-2H3. The lowest BCUT2D eigenvalue weighted by Gasteiger charge is -2.10. The first-order valence-corrected chi connectivity index (χ1v) is 7.58. The summed E-state index contributed by atoms with van der Waals surface area (Å²) < 4.78 is 5.41. The van der Waals surface area contributed by atoms with E-state index < -0.39 is 0 Å². The van der Waals surface area contributed by atoms with E-state index >= 15 is 0 Å². The van der Waals surface area contributed by atoms with Crippen molar-refractivity contribution in [2.24, 2.45) is 0 Å². The van der Waals surface area contributed by atoms with Gasteiger partial charge in [0.25, 0.3) is 0 Å². The molecule has 0 aliphatic carbocycles. The highest BCUT2D eigenvalue weighted by Crippen LogP contribution is 2.31. The van der Waals surface area contributed by atoms with Crippen molar-refractivity contribution in [2.75, 3.05) is 0 Å².